The first-order valence-electron chi connectivity index (χ1n) is 7.24. The van der Waals surface area contributed by atoms with E-state index >= 15 is 0 Å². The second-order valence-electron chi connectivity index (χ2n) is 6.04. The van der Waals surface area contributed by atoms with Crippen LogP contribution in [0.15, 0.2) is 18.2 Å². The van der Waals surface area contributed by atoms with E-state index in [1.165, 1.54) is 0 Å². The van der Waals surface area contributed by atoms with Gasteiger partial charge in [0.15, 0.2) is 11.5 Å². The molecule has 5 nitrogen and oxygen atoms in total. The van der Waals surface area contributed by atoms with Gasteiger partial charge in [-0.1, -0.05) is 6.07 Å². The predicted molar refractivity (Wildman–Crippen MR) is 82.0 cm³/mol. The maximum Gasteiger partial charge on any atom is 0.230 e. The van der Waals surface area contributed by atoms with Crippen LogP contribution in [-0.2, 0) is 10.2 Å². The Bertz CT molecular complexity index is 512. The van der Waals surface area contributed by atoms with Gasteiger partial charge in [0.2, 0.25) is 5.91 Å². The Morgan fingerprint density at radius 1 is 1.24 bits per heavy atom. The van der Waals surface area contributed by atoms with E-state index in [9.17, 15) is 4.79 Å². The fraction of sp³-hybridized carbons (Fsp3) is 0.562. The van der Waals surface area contributed by atoms with E-state index in [2.05, 4.69) is 5.32 Å². The van der Waals surface area contributed by atoms with Crippen molar-refractivity contribution in [1.29, 1.82) is 0 Å². The number of likely N-dealkylation sites (N-methyl/N-ethyl adjacent to an activating group) is 1. The van der Waals surface area contributed by atoms with Crippen LogP contribution in [0.4, 0.5) is 0 Å². The molecule has 21 heavy (non-hydrogen) atoms. The van der Waals surface area contributed by atoms with Crippen molar-refractivity contribution in [3.8, 4) is 11.5 Å². The molecule has 0 saturated heterocycles. The van der Waals surface area contributed by atoms with Crippen LogP contribution in [0.3, 0.4) is 0 Å². The van der Waals surface area contributed by atoms with E-state index in [1.807, 2.05) is 51.0 Å². The maximum absolute atomic E-state index is 12.4. The number of ether oxygens (including phenoxy) is 2. The average Bonchev–Trinajstić information content (AvgIpc) is 2.46. The van der Waals surface area contributed by atoms with Gasteiger partial charge in [-0.25, -0.2) is 0 Å². The molecule has 1 aromatic carbocycles. The number of hydrogen-bond donors (Lipinski definition) is 1. The second kappa shape index (κ2) is 6.35. The molecule has 1 N–H and O–H groups in total. The lowest BCUT2D eigenvalue weighted by atomic mass is 9.83. The van der Waals surface area contributed by atoms with Gasteiger partial charge in [-0.05, 0) is 45.6 Å². The van der Waals surface area contributed by atoms with Crippen molar-refractivity contribution >= 4 is 5.91 Å². The Morgan fingerprint density at radius 2 is 1.90 bits per heavy atom. The standard InChI is InChI=1S/C16H24N2O3/c1-16(2,15(19)17-7-8-18(3)4)12-5-6-13-14(11-12)21-10-9-20-13/h5-6,11H,7-10H2,1-4H3,(H,17,19). The summed E-state index contributed by atoms with van der Waals surface area (Å²) in [6, 6.07) is 5.71. The molecular weight excluding hydrogens is 268 g/mol. The molecular formula is C16H24N2O3. The Kier molecular flexibility index (Phi) is 4.73. The van der Waals surface area contributed by atoms with Crippen molar-refractivity contribution in [3.05, 3.63) is 23.8 Å². The van der Waals surface area contributed by atoms with Crippen molar-refractivity contribution in [2.24, 2.45) is 0 Å². The summed E-state index contributed by atoms with van der Waals surface area (Å²) < 4.78 is 11.1. The molecule has 1 aliphatic rings. The summed E-state index contributed by atoms with van der Waals surface area (Å²) in [4.78, 5) is 14.5. The molecule has 1 heterocycles. The number of fused-ring (bicyclic) bond motifs is 1. The fourth-order valence-electron chi connectivity index (χ4n) is 2.18. The normalized spacial score (nSPS) is 14.1. The summed E-state index contributed by atoms with van der Waals surface area (Å²) in [5, 5.41) is 2.98. The van der Waals surface area contributed by atoms with Crippen LogP contribution in [-0.4, -0.2) is 51.2 Å². The molecule has 0 bridgehead atoms. The number of carbonyl (C=O) groups excluding carboxylic acids is 1. The van der Waals surface area contributed by atoms with E-state index < -0.39 is 5.41 Å². The van der Waals surface area contributed by atoms with Gasteiger partial charge in [0.1, 0.15) is 13.2 Å². The molecule has 0 spiro atoms. The highest BCUT2D eigenvalue weighted by Crippen LogP contribution is 2.35. The monoisotopic (exact) mass is 292 g/mol. The van der Waals surface area contributed by atoms with E-state index in [4.69, 9.17) is 9.47 Å². The van der Waals surface area contributed by atoms with Gasteiger partial charge in [0, 0.05) is 13.1 Å². The molecule has 2 rings (SSSR count). The molecule has 5 heteroatoms. The van der Waals surface area contributed by atoms with E-state index in [0.29, 0.717) is 25.5 Å². The van der Waals surface area contributed by atoms with Crippen molar-refractivity contribution in [2.45, 2.75) is 19.3 Å². The molecule has 1 amide bonds. The Balaban J connectivity index is 2.09. The third kappa shape index (κ3) is 3.67. The predicted octanol–water partition coefficient (Wildman–Crippen LogP) is 1.41. The van der Waals surface area contributed by atoms with Crippen LogP contribution >= 0.6 is 0 Å². The quantitative estimate of drug-likeness (QED) is 0.891. The smallest absolute Gasteiger partial charge is 0.230 e. The highest BCUT2D eigenvalue weighted by Gasteiger charge is 2.30. The SMILES string of the molecule is CN(C)CCNC(=O)C(C)(C)c1ccc2c(c1)OCCO2. The minimum absolute atomic E-state index is 0.0148. The Hall–Kier alpha value is -1.75. The summed E-state index contributed by atoms with van der Waals surface area (Å²) in [6.07, 6.45) is 0. The lowest BCUT2D eigenvalue weighted by Crippen LogP contribution is -2.42. The molecule has 0 aliphatic carbocycles. The van der Waals surface area contributed by atoms with Crippen LogP contribution < -0.4 is 14.8 Å². The summed E-state index contributed by atoms with van der Waals surface area (Å²) in [5.41, 5.74) is 0.316. The zero-order valence-electron chi connectivity index (χ0n) is 13.2. The van der Waals surface area contributed by atoms with Gasteiger partial charge in [-0.15, -0.1) is 0 Å². The third-order valence-electron chi connectivity index (χ3n) is 3.68. The number of carbonyl (C=O) groups is 1. The second-order valence-corrected chi connectivity index (χ2v) is 6.04. The lowest BCUT2D eigenvalue weighted by Gasteiger charge is -2.27. The number of nitrogens with one attached hydrogen (secondary N) is 1. The number of rotatable bonds is 5. The van der Waals surface area contributed by atoms with Gasteiger partial charge in [-0.2, -0.15) is 0 Å². The first kappa shape index (κ1) is 15.6. The minimum Gasteiger partial charge on any atom is -0.486 e. The Labute approximate surface area is 126 Å². The number of nitrogens with zero attached hydrogens (tertiary/aromatic N) is 1. The van der Waals surface area contributed by atoms with Gasteiger partial charge >= 0.3 is 0 Å². The maximum atomic E-state index is 12.4. The zero-order chi connectivity index (χ0) is 15.5. The van der Waals surface area contributed by atoms with Gasteiger partial charge in [0.05, 0.1) is 5.41 Å². The molecule has 1 aromatic rings. The summed E-state index contributed by atoms with van der Waals surface area (Å²) in [5.74, 6) is 1.47. The van der Waals surface area contributed by atoms with Crippen LogP contribution in [0.25, 0.3) is 0 Å². The summed E-state index contributed by atoms with van der Waals surface area (Å²) in [6.45, 7) is 6.42. The molecule has 0 fully saturated rings. The molecule has 0 saturated carbocycles. The van der Waals surface area contributed by atoms with Gasteiger partial charge in [0.25, 0.3) is 0 Å². The number of benzene rings is 1. The fourth-order valence-corrected chi connectivity index (χ4v) is 2.18. The molecule has 0 atom stereocenters. The van der Waals surface area contributed by atoms with E-state index in [1.54, 1.807) is 0 Å². The van der Waals surface area contributed by atoms with Gasteiger partial charge < -0.3 is 19.7 Å². The van der Waals surface area contributed by atoms with Crippen LogP contribution in [0.5, 0.6) is 11.5 Å². The molecule has 116 valence electrons. The van der Waals surface area contributed by atoms with Crippen LogP contribution in [0, 0.1) is 0 Å². The molecule has 0 radical (unpaired) electrons. The molecule has 0 unspecified atom stereocenters. The van der Waals surface area contributed by atoms with Crippen molar-refractivity contribution in [3.63, 3.8) is 0 Å². The average molecular weight is 292 g/mol. The Morgan fingerprint density at radius 3 is 2.57 bits per heavy atom. The number of hydrogen-bond acceptors (Lipinski definition) is 4. The molecule has 1 aliphatic heterocycles. The minimum atomic E-state index is -0.609. The van der Waals surface area contributed by atoms with Crippen molar-refractivity contribution in [1.82, 2.24) is 10.2 Å². The summed E-state index contributed by atoms with van der Waals surface area (Å²) in [7, 11) is 3.97. The topological polar surface area (TPSA) is 50.8 Å². The first-order valence-corrected chi connectivity index (χ1v) is 7.24. The number of amides is 1. The lowest BCUT2D eigenvalue weighted by molar-refractivity contribution is -0.125. The summed E-state index contributed by atoms with van der Waals surface area (Å²) >= 11 is 0. The van der Waals surface area contributed by atoms with Crippen LogP contribution in [0.1, 0.15) is 19.4 Å². The van der Waals surface area contributed by atoms with E-state index in [-0.39, 0.29) is 5.91 Å². The first-order chi connectivity index (χ1) is 9.91. The third-order valence-corrected chi connectivity index (χ3v) is 3.68. The molecule has 0 aromatic heterocycles. The largest absolute Gasteiger partial charge is 0.486 e. The van der Waals surface area contributed by atoms with Crippen molar-refractivity contribution in [2.75, 3.05) is 40.4 Å². The van der Waals surface area contributed by atoms with Crippen molar-refractivity contribution < 1.29 is 14.3 Å². The van der Waals surface area contributed by atoms with E-state index in [0.717, 1.165) is 17.9 Å². The zero-order valence-corrected chi connectivity index (χ0v) is 13.2. The highest BCUT2D eigenvalue weighted by atomic mass is 16.6. The van der Waals surface area contributed by atoms with Gasteiger partial charge in [-0.3, -0.25) is 4.79 Å². The van der Waals surface area contributed by atoms with Crippen LogP contribution in [0.2, 0.25) is 0 Å². The highest BCUT2D eigenvalue weighted by molar-refractivity contribution is 5.87.